The predicted octanol–water partition coefficient (Wildman–Crippen LogP) is 0.958. The van der Waals surface area contributed by atoms with Gasteiger partial charge in [0, 0.05) is 13.5 Å². The zero-order valence-electron chi connectivity index (χ0n) is 6.46. The first-order valence-electron chi connectivity index (χ1n) is 3.54. The molecule has 0 aliphatic heterocycles. The van der Waals surface area contributed by atoms with Gasteiger partial charge in [0.15, 0.2) is 0 Å². The molecule has 1 N–H and O–H groups in total. The van der Waals surface area contributed by atoms with Crippen LogP contribution in [0.25, 0.3) is 0 Å². The molecule has 11 heavy (non-hydrogen) atoms. The molecule has 0 fully saturated rings. The minimum atomic E-state index is 0.00787. The van der Waals surface area contributed by atoms with Gasteiger partial charge in [0.25, 0.3) is 0 Å². The number of hydrogen-bond donors (Lipinski definition) is 1. The lowest BCUT2D eigenvalue weighted by molar-refractivity contribution is -0.118. The van der Waals surface area contributed by atoms with Crippen molar-refractivity contribution >= 4 is 5.91 Å². The molecule has 0 aromatic carbocycles. The third kappa shape index (κ3) is 2.89. The molecule has 0 saturated carbocycles. The summed E-state index contributed by atoms with van der Waals surface area (Å²) in [4.78, 5) is 10.4. The van der Waals surface area contributed by atoms with Gasteiger partial charge in [-0.2, -0.15) is 0 Å². The summed E-state index contributed by atoms with van der Waals surface area (Å²) in [5, 5.41) is 2.70. The Labute approximate surface area is 65.4 Å². The van der Waals surface area contributed by atoms with E-state index in [9.17, 15) is 4.79 Å². The molecule has 0 saturated heterocycles. The number of nitrogens with one attached hydrogen (secondary N) is 1. The van der Waals surface area contributed by atoms with E-state index in [0.29, 0.717) is 6.54 Å². The van der Waals surface area contributed by atoms with Crippen LogP contribution in [-0.2, 0) is 11.2 Å². The fraction of sp³-hybridized carbons (Fsp3) is 0.375. The SMILES string of the molecule is CC(=O)NCCc1ccoc1. The van der Waals surface area contributed by atoms with Gasteiger partial charge < -0.3 is 9.73 Å². The van der Waals surface area contributed by atoms with E-state index >= 15 is 0 Å². The minimum Gasteiger partial charge on any atom is -0.472 e. The molecule has 1 aromatic heterocycles. The van der Waals surface area contributed by atoms with E-state index in [1.165, 1.54) is 6.92 Å². The lowest BCUT2D eigenvalue weighted by Crippen LogP contribution is -2.22. The summed E-state index contributed by atoms with van der Waals surface area (Å²) in [7, 11) is 0. The van der Waals surface area contributed by atoms with Gasteiger partial charge in [-0.3, -0.25) is 4.79 Å². The summed E-state index contributed by atoms with van der Waals surface area (Å²) in [5.41, 5.74) is 1.11. The Morgan fingerprint density at radius 1 is 1.73 bits per heavy atom. The molecule has 0 atom stereocenters. The van der Waals surface area contributed by atoms with Crippen LogP contribution >= 0.6 is 0 Å². The predicted molar refractivity (Wildman–Crippen MR) is 41.1 cm³/mol. The quantitative estimate of drug-likeness (QED) is 0.702. The number of amides is 1. The fourth-order valence-corrected chi connectivity index (χ4v) is 0.818. The van der Waals surface area contributed by atoms with Crippen molar-refractivity contribution in [2.45, 2.75) is 13.3 Å². The van der Waals surface area contributed by atoms with E-state index in [4.69, 9.17) is 4.42 Å². The van der Waals surface area contributed by atoms with Gasteiger partial charge in [0.1, 0.15) is 0 Å². The third-order valence-corrected chi connectivity index (χ3v) is 1.37. The fourth-order valence-electron chi connectivity index (χ4n) is 0.818. The largest absolute Gasteiger partial charge is 0.472 e. The van der Waals surface area contributed by atoms with Gasteiger partial charge in [-0.15, -0.1) is 0 Å². The molecule has 0 spiro atoms. The summed E-state index contributed by atoms with van der Waals surface area (Å²) in [6.07, 6.45) is 4.14. The van der Waals surface area contributed by atoms with Crippen LogP contribution in [0.1, 0.15) is 12.5 Å². The Hall–Kier alpha value is -1.25. The van der Waals surface area contributed by atoms with Crippen LogP contribution in [0, 0.1) is 0 Å². The summed E-state index contributed by atoms with van der Waals surface area (Å²) >= 11 is 0. The monoisotopic (exact) mass is 153 g/mol. The van der Waals surface area contributed by atoms with Crippen LogP contribution in [0.3, 0.4) is 0 Å². The Bertz CT molecular complexity index is 216. The molecule has 1 aromatic rings. The maximum Gasteiger partial charge on any atom is 0.216 e. The molecular formula is C8H11NO2. The first-order valence-corrected chi connectivity index (χ1v) is 3.54. The van der Waals surface area contributed by atoms with Crippen LogP contribution in [0.2, 0.25) is 0 Å². The second-order valence-corrected chi connectivity index (χ2v) is 2.36. The smallest absolute Gasteiger partial charge is 0.216 e. The van der Waals surface area contributed by atoms with Gasteiger partial charge in [-0.05, 0) is 18.1 Å². The van der Waals surface area contributed by atoms with Gasteiger partial charge in [0.2, 0.25) is 5.91 Å². The average molecular weight is 153 g/mol. The third-order valence-electron chi connectivity index (χ3n) is 1.37. The Kier molecular flexibility index (Phi) is 2.72. The standard InChI is InChI=1S/C8H11NO2/c1-7(10)9-4-2-8-3-5-11-6-8/h3,5-6H,2,4H2,1H3,(H,9,10). The molecule has 1 heterocycles. The molecule has 0 unspecified atom stereocenters. The maximum absolute atomic E-state index is 10.4. The van der Waals surface area contributed by atoms with E-state index in [1.807, 2.05) is 6.07 Å². The van der Waals surface area contributed by atoms with E-state index < -0.39 is 0 Å². The van der Waals surface area contributed by atoms with Crippen molar-refractivity contribution in [3.05, 3.63) is 24.2 Å². The molecule has 3 heteroatoms. The normalized spacial score (nSPS) is 9.55. The van der Waals surface area contributed by atoms with E-state index in [0.717, 1.165) is 12.0 Å². The molecule has 0 aliphatic carbocycles. The lowest BCUT2D eigenvalue weighted by Gasteiger charge is -1.97. The van der Waals surface area contributed by atoms with Crippen molar-refractivity contribution in [2.24, 2.45) is 0 Å². The molecule has 1 amide bonds. The van der Waals surface area contributed by atoms with E-state index in [1.54, 1.807) is 12.5 Å². The molecule has 0 radical (unpaired) electrons. The summed E-state index contributed by atoms with van der Waals surface area (Å²) < 4.78 is 4.86. The van der Waals surface area contributed by atoms with Crippen LogP contribution < -0.4 is 5.32 Å². The Balaban J connectivity index is 2.19. The molecule has 3 nitrogen and oxygen atoms in total. The summed E-state index contributed by atoms with van der Waals surface area (Å²) in [6.45, 7) is 2.18. The Morgan fingerprint density at radius 2 is 2.55 bits per heavy atom. The van der Waals surface area contributed by atoms with Crippen LogP contribution in [0.5, 0.6) is 0 Å². The second-order valence-electron chi connectivity index (χ2n) is 2.36. The highest BCUT2D eigenvalue weighted by Crippen LogP contribution is 1.98. The van der Waals surface area contributed by atoms with Crippen molar-refractivity contribution in [1.82, 2.24) is 5.32 Å². The van der Waals surface area contributed by atoms with E-state index in [-0.39, 0.29) is 5.91 Å². The van der Waals surface area contributed by atoms with Gasteiger partial charge in [0.05, 0.1) is 12.5 Å². The van der Waals surface area contributed by atoms with E-state index in [2.05, 4.69) is 5.32 Å². The van der Waals surface area contributed by atoms with Crippen LogP contribution in [-0.4, -0.2) is 12.5 Å². The Morgan fingerprint density at radius 3 is 3.09 bits per heavy atom. The molecule has 1 rings (SSSR count). The van der Waals surface area contributed by atoms with Crippen molar-refractivity contribution in [3.8, 4) is 0 Å². The van der Waals surface area contributed by atoms with Gasteiger partial charge in [-0.1, -0.05) is 0 Å². The van der Waals surface area contributed by atoms with Crippen molar-refractivity contribution in [1.29, 1.82) is 0 Å². The first kappa shape index (κ1) is 7.85. The van der Waals surface area contributed by atoms with Gasteiger partial charge >= 0.3 is 0 Å². The van der Waals surface area contributed by atoms with Crippen LogP contribution in [0.15, 0.2) is 23.0 Å². The molecule has 0 bridgehead atoms. The molecular weight excluding hydrogens is 142 g/mol. The molecule has 0 aliphatic rings. The highest BCUT2D eigenvalue weighted by atomic mass is 16.3. The second kappa shape index (κ2) is 3.81. The number of hydrogen-bond acceptors (Lipinski definition) is 2. The summed E-state index contributed by atoms with van der Waals surface area (Å²) in [5.74, 6) is 0.00787. The number of furan rings is 1. The van der Waals surface area contributed by atoms with Crippen molar-refractivity contribution < 1.29 is 9.21 Å². The minimum absolute atomic E-state index is 0.00787. The number of carbonyl (C=O) groups excluding carboxylic acids is 1. The first-order chi connectivity index (χ1) is 5.29. The topological polar surface area (TPSA) is 42.2 Å². The average Bonchev–Trinajstić information content (AvgIpc) is 2.39. The van der Waals surface area contributed by atoms with Crippen molar-refractivity contribution in [3.63, 3.8) is 0 Å². The number of carbonyl (C=O) groups is 1. The van der Waals surface area contributed by atoms with Crippen LogP contribution in [0.4, 0.5) is 0 Å². The zero-order chi connectivity index (χ0) is 8.10. The summed E-state index contributed by atoms with van der Waals surface area (Å²) in [6, 6.07) is 1.89. The van der Waals surface area contributed by atoms with Gasteiger partial charge in [-0.25, -0.2) is 0 Å². The zero-order valence-corrected chi connectivity index (χ0v) is 6.46. The highest BCUT2D eigenvalue weighted by Gasteiger charge is 1.94. The maximum atomic E-state index is 10.4. The number of rotatable bonds is 3. The molecule has 60 valence electrons. The lowest BCUT2D eigenvalue weighted by atomic mass is 10.2. The van der Waals surface area contributed by atoms with Crippen molar-refractivity contribution in [2.75, 3.05) is 6.54 Å². The highest BCUT2D eigenvalue weighted by molar-refractivity contribution is 5.72.